The molecule has 0 aliphatic carbocycles. The molecule has 2 heterocycles. The van der Waals surface area contributed by atoms with Gasteiger partial charge in [-0.05, 0) is 49.2 Å². The molecular weight excluding hydrogens is 408 g/mol. The molecule has 1 saturated heterocycles. The number of carbonyl (C=O) groups excluding carboxylic acids is 2. The van der Waals surface area contributed by atoms with Crippen LogP contribution in [-0.2, 0) is 20.9 Å². The summed E-state index contributed by atoms with van der Waals surface area (Å²) in [6.45, 7) is 6.32. The van der Waals surface area contributed by atoms with Gasteiger partial charge in [0.2, 0.25) is 0 Å². The largest absolute Gasteiger partial charge is 0.497 e. The fourth-order valence-electron chi connectivity index (χ4n) is 3.93. The van der Waals surface area contributed by atoms with Gasteiger partial charge in [0.25, 0.3) is 11.8 Å². The zero-order chi connectivity index (χ0) is 22.7. The van der Waals surface area contributed by atoms with Crippen LogP contribution >= 0.6 is 0 Å². The van der Waals surface area contributed by atoms with Crippen molar-refractivity contribution in [1.29, 1.82) is 0 Å². The van der Waals surface area contributed by atoms with Crippen molar-refractivity contribution in [1.82, 2.24) is 9.80 Å². The van der Waals surface area contributed by atoms with E-state index in [1.807, 2.05) is 67.3 Å². The Morgan fingerprint density at radius 3 is 2.12 bits per heavy atom. The van der Waals surface area contributed by atoms with E-state index in [9.17, 15) is 9.59 Å². The number of ether oxygens (including phenoxy) is 3. The Balaban J connectivity index is 1.66. The third kappa shape index (κ3) is 4.48. The topological polar surface area (TPSA) is 68.3 Å². The highest BCUT2D eigenvalue weighted by Gasteiger charge is 2.41. The van der Waals surface area contributed by atoms with Gasteiger partial charge < -0.3 is 19.1 Å². The molecule has 2 aromatic rings. The van der Waals surface area contributed by atoms with Gasteiger partial charge in [-0.3, -0.25) is 14.5 Å². The number of hydrogen-bond acceptors (Lipinski definition) is 6. The van der Waals surface area contributed by atoms with Gasteiger partial charge in [-0.25, -0.2) is 0 Å². The van der Waals surface area contributed by atoms with Crippen molar-refractivity contribution in [2.45, 2.75) is 26.5 Å². The lowest BCUT2D eigenvalue weighted by atomic mass is 10.0. The Morgan fingerprint density at radius 1 is 0.906 bits per heavy atom. The van der Waals surface area contributed by atoms with E-state index in [0.717, 1.165) is 17.1 Å². The van der Waals surface area contributed by atoms with Crippen molar-refractivity contribution in [3.05, 3.63) is 65.4 Å². The predicted molar refractivity (Wildman–Crippen MR) is 120 cm³/mol. The average Bonchev–Trinajstić information content (AvgIpc) is 3.05. The maximum absolute atomic E-state index is 13.5. The van der Waals surface area contributed by atoms with Crippen molar-refractivity contribution in [3.8, 4) is 11.5 Å². The SMILES string of the molecule is COc1ccc(CN2C(=O)C(c3ccc(OC(C)C)cc3)=C(N3CCOCC3)C2=O)cc1. The first-order chi connectivity index (χ1) is 15.5. The second-order valence-corrected chi connectivity index (χ2v) is 8.06. The van der Waals surface area contributed by atoms with Gasteiger partial charge in [0.15, 0.2) is 0 Å². The van der Waals surface area contributed by atoms with Crippen molar-refractivity contribution < 1.29 is 23.8 Å². The number of amides is 2. The molecule has 7 heteroatoms. The van der Waals surface area contributed by atoms with Gasteiger partial charge in [0, 0.05) is 13.1 Å². The minimum Gasteiger partial charge on any atom is -0.497 e. The van der Waals surface area contributed by atoms with Crippen LogP contribution < -0.4 is 9.47 Å². The van der Waals surface area contributed by atoms with Gasteiger partial charge in [-0.2, -0.15) is 0 Å². The number of morpholine rings is 1. The Labute approximate surface area is 188 Å². The number of methoxy groups -OCH3 is 1. The molecule has 0 saturated carbocycles. The van der Waals surface area contributed by atoms with Crippen LogP contribution in [0.2, 0.25) is 0 Å². The van der Waals surface area contributed by atoms with Crippen LogP contribution in [0.5, 0.6) is 11.5 Å². The van der Waals surface area contributed by atoms with E-state index in [-0.39, 0.29) is 24.5 Å². The summed E-state index contributed by atoms with van der Waals surface area (Å²) in [4.78, 5) is 30.2. The normalized spacial score (nSPS) is 16.9. The van der Waals surface area contributed by atoms with Crippen molar-refractivity contribution in [2.75, 3.05) is 33.4 Å². The summed E-state index contributed by atoms with van der Waals surface area (Å²) >= 11 is 0. The molecule has 32 heavy (non-hydrogen) atoms. The molecule has 0 spiro atoms. The van der Waals surface area contributed by atoms with E-state index in [1.165, 1.54) is 4.90 Å². The van der Waals surface area contributed by atoms with Crippen LogP contribution in [-0.4, -0.2) is 61.1 Å². The van der Waals surface area contributed by atoms with Crippen LogP contribution in [0.4, 0.5) is 0 Å². The Hall–Kier alpha value is -3.32. The summed E-state index contributed by atoms with van der Waals surface area (Å²) in [6.07, 6.45) is 0.0543. The molecule has 1 fully saturated rings. The van der Waals surface area contributed by atoms with Crippen LogP contribution in [0.15, 0.2) is 54.2 Å². The molecule has 0 unspecified atom stereocenters. The number of nitrogens with zero attached hydrogens (tertiary/aromatic N) is 2. The minimum absolute atomic E-state index is 0.0543. The summed E-state index contributed by atoms with van der Waals surface area (Å²) in [5.74, 6) is 0.892. The van der Waals surface area contributed by atoms with Crippen LogP contribution in [0.25, 0.3) is 5.57 Å². The first kappa shape index (κ1) is 21.9. The van der Waals surface area contributed by atoms with Gasteiger partial charge in [0.1, 0.15) is 17.2 Å². The Kier molecular flexibility index (Phi) is 6.46. The van der Waals surface area contributed by atoms with Crippen LogP contribution in [0.1, 0.15) is 25.0 Å². The molecular formula is C25H28N2O5. The van der Waals surface area contributed by atoms with Crippen LogP contribution in [0, 0.1) is 0 Å². The van der Waals surface area contributed by atoms with Crippen molar-refractivity contribution in [3.63, 3.8) is 0 Å². The molecule has 4 rings (SSSR count). The first-order valence-electron chi connectivity index (χ1n) is 10.8. The van der Waals surface area contributed by atoms with Crippen LogP contribution in [0.3, 0.4) is 0 Å². The molecule has 2 aliphatic rings. The molecule has 0 atom stereocenters. The molecule has 0 aromatic heterocycles. The molecule has 2 amide bonds. The maximum atomic E-state index is 13.5. The summed E-state index contributed by atoms with van der Waals surface area (Å²) in [5.41, 5.74) is 2.44. The smallest absolute Gasteiger partial charge is 0.278 e. The molecule has 0 radical (unpaired) electrons. The predicted octanol–water partition coefficient (Wildman–Crippen LogP) is 3.09. The lowest BCUT2D eigenvalue weighted by molar-refractivity contribution is -0.138. The van der Waals surface area contributed by atoms with Gasteiger partial charge in [0.05, 0.1) is 38.5 Å². The van der Waals surface area contributed by atoms with Gasteiger partial charge in [-0.15, -0.1) is 0 Å². The van der Waals surface area contributed by atoms with E-state index in [2.05, 4.69) is 0 Å². The number of carbonyl (C=O) groups is 2. The monoisotopic (exact) mass is 436 g/mol. The number of imide groups is 1. The second kappa shape index (κ2) is 9.44. The van der Waals surface area contributed by atoms with E-state index in [4.69, 9.17) is 14.2 Å². The molecule has 0 bridgehead atoms. The van der Waals surface area contributed by atoms with Crippen molar-refractivity contribution in [2.24, 2.45) is 0 Å². The third-order valence-corrected chi connectivity index (χ3v) is 5.49. The zero-order valence-electron chi connectivity index (χ0n) is 18.7. The first-order valence-corrected chi connectivity index (χ1v) is 10.8. The Morgan fingerprint density at radius 2 is 1.53 bits per heavy atom. The highest BCUT2D eigenvalue weighted by Crippen LogP contribution is 2.34. The fourth-order valence-corrected chi connectivity index (χ4v) is 3.93. The highest BCUT2D eigenvalue weighted by molar-refractivity contribution is 6.35. The maximum Gasteiger partial charge on any atom is 0.278 e. The van der Waals surface area contributed by atoms with E-state index in [0.29, 0.717) is 43.1 Å². The van der Waals surface area contributed by atoms with E-state index in [1.54, 1.807) is 7.11 Å². The third-order valence-electron chi connectivity index (χ3n) is 5.49. The van der Waals surface area contributed by atoms with E-state index < -0.39 is 0 Å². The standard InChI is InChI=1S/C25H28N2O5/c1-17(2)32-21-10-6-19(7-11-21)22-23(26-12-14-31-15-13-26)25(29)27(24(22)28)16-18-4-8-20(30-3)9-5-18/h4-11,17H,12-16H2,1-3H3. The lowest BCUT2D eigenvalue weighted by Crippen LogP contribution is -2.40. The summed E-state index contributed by atoms with van der Waals surface area (Å²) < 4.78 is 16.4. The average molecular weight is 437 g/mol. The lowest BCUT2D eigenvalue weighted by Gasteiger charge is -2.29. The van der Waals surface area contributed by atoms with Gasteiger partial charge >= 0.3 is 0 Å². The quantitative estimate of drug-likeness (QED) is 0.622. The number of hydrogen-bond donors (Lipinski definition) is 0. The second-order valence-electron chi connectivity index (χ2n) is 8.06. The number of benzene rings is 2. The number of rotatable bonds is 7. The molecule has 2 aromatic carbocycles. The summed E-state index contributed by atoms with van der Waals surface area (Å²) in [6, 6.07) is 14.7. The summed E-state index contributed by atoms with van der Waals surface area (Å²) in [5, 5.41) is 0. The molecule has 168 valence electrons. The summed E-state index contributed by atoms with van der Waals surface area (Å²) in [7, 11) is 1.60. The Bertz CT molecular complexity index is 1010. The minimum atomic E-state index is -0.287. The highest BCUT2D eigenvalue weighted by atomic mass is 16.5. The molecule has 7 nitrogen and oxygen atoms in total. The fraction of sp³-hybridized carbons (Fsp3) is 0.360. The van der Waals surface area contributed by atoms with Gasteiger partial charge in [-0.1, -0.05) is 24.3 Å². The van der Waals surface area contributed by atoms with Crippen molar-refractivity contribution >= 4 is 17.4 Å². The van der Waals surface area contributed by atoms with E-state index >= 15 is 0 Å². The molecule has 2 aliphatic heterocycles. The molecule has 0 N–H and O–H groups in total. The zero-order valence-corrected chi connectivity index (χ0v) is 18.7.